The summed E-state index contributed by atoms with van der Waals surface area (Å²) in [4.78, 5) is 11.7. The van der Waals surface area contributed by atoms with Crippen molar-refractivity contribution in [3.8, 4) is 0 Å². The van der Waals surface area contributed by atoms with Crippen molar-refractivity contribution in [2.75, 3.05) is 5.73 Å². The average molecular weight is 249 g/mol. The maximum Gasteiger partial charge on any atom is 0.338 e. The van der Waals surface area contributed by atoms with Crippen LogP contribution in [0.5, 0.6) is 0 Å². The number of carbonyl (C=O) groups is 1. The number of halogens is 1. The molecule has 0 spiro atoms. The van der Waals surface area contributed by atoms with Gasteiger partial charge in [-0.2, -0.15) is 5.10 Å². The van der Waals surface area contributed by atoms with Crippen LogP contribution >= 0.6 is 0 Å². The number of rotatable bonds is 3. The van der Waals surface area contributed by atoms with E-state index in [4.69, 9.17) is 10.5 Å². The van der Waals surface area contributed by atoms with Gasteiger partial charge in [0.1, 0.15) is 12.4 Å². The standard InChI is InChI=1S/C12H12FN3O2/c1-16-5-4-9(15-16)7-18-12(17)8-2-3-10(13)11(14)6-8/h2-6H,7,14H2,1H3. The number of carbonyl (C=O) groups excluding carboxylic acids is 1. The number of hydrogen-bond acceptors (Lipinski definition) is 4. The number of aryl methyl sites for hydroxylation is 1. The minimum Gasteiger partial charge on any atom is -0.456 e. The summed E-state index contributed by atoms with van der Waals surface area (Å²) in [6, 6.07) is 5.45. The van der Waals surface area contributed by atoms with Gasteiger partial charge in [0.2, 0.25) is 0 Å². The second-order valence-electron chi connectivity index (χ2n) is 3.79. The Morgan fingerprint density at radius 2 is 2.28 bits per heavy atom. The first kappa shape index (κ1) is 12.1. The Kier molecular flexibility index (Phi) is 3.27. The summed E-state index contributed by atoms with van der Waals surface area (Å²) < 4.78 is 19.6. The van der Waals surface area contributed by atoms with E-state index in [0.29, 0.717) is 5.69 Å². The first-order chi connectivity index (χ1) is 8.56. The minimum atomic E-state index is -0.563. The monoisotopic (exact) mass is 249 g/mol. The molecule has 0 radical (unpaired) electrons. The molecule has 94 valence electrons. The fourth-order valence-electron chi connectivity index (χ4n) is 1.43. The van der Waals surface area contributed by atoms with Gasteiger partial charge in [-0.1, -0.05) is 0 Å². The summed E-state index contributed by atoms with van der Waals surface area (Å²) in [5.41, 5.74) is 6.14. The Hall–Kier alpha value is -2.37. The molecule has 1 aromatic heterocycles. The van der Waals surface area contributed by atoms with E-state index in [-0.39, 0.29) is 17.9 Å². The van der Waals surface area contributed by atoms with E-state index in [1.807, 2.05) is 0 Å². The highest BCUT2D eigenvalue weighted by atomic mass is 19.1. The lowest BCUT2D eigenvalue weighted by molar-refractivity contribution is 0.0467. The quantitative estimate of drug-likeness (QED) is 0.661. The zero-order chi connectivity index (χ0) is 13.1. The van der Waals surface area contributed by atoms with Gasteiger partial charge in [-0.05, 0) is 24.3 Å². The maximum atomic E-state index is 12.9. The van der Waals surface area contributed by atoms with Gasteiger partial charge in [-0.25, -0.2) is 9.18 Å². The van der Waals surface area contributed by atoms with Crippen LogP contribution in [0.15, 0.2) is 30.5 Å². The molecule has 5 nitrogen and oxygen atoms in total. The topological polar surface area (TPSA) is 70.1 Å². The van der Waals surface area contributed by atoms with Crippen LogP contribution in [0.2, 0.25) is 0 Å². The van der Waals surface area contributed by atoms with Crippen molar-refractivity contribution in [1.29, 1.82) is 0 Å². The molecule has 0 aliphatic heterocycles. The van der Waals surface area contributed by atoms with Gasteiger partial charge in [-0.15, -0.1) is 0 Å². The van der Waals surface area contributed by atoms with Crippen molar-refractivity contribution >= 4 is 11.7 Å². The number of nitrogen functional groups attached to an aromatic ring is 1. The number of esters is 1. The highest BCUT2D eigenvalue weighted by molar-refractivity contribution is 5.90. The molecule has 6 heteroatoms. The first-order valence-corrected chi connectivity index (χ1v) is 5.27. The largest absolute Gasteiger partial charge is 0.456 e. The molecule has 0 atom stereocenters. The predicted molar refractivity (Wildman–Crippen MR) is 63.1 cm³/mol. The molecule has 0 aliphatic carbocycles. The van der Waals surface area contributed by atoms with Crippen molar-refractivity contribution in [3.63, 3.8) is 0 Å². The molecule has 1 aromatic carbocycles. The molecule has 0 fully saturated rings. The third kappa shape index (κ3) is 2.65. The molecule has 0 unspecified atom stereocenters. The molecule has 18 heavy (non-hydrogen) atoms. The fraction of sp³-hybridized carbons (Fsp3) is 0.167. The van der Waals surface area contributed by atoms with Crippen molar-refractivity contribution in [3.05, 3.63) is 47.5 Å². The third-order valence-electron chi connectivity index (χ3n) is 2.35. The molecule has 2 N–H and O–H groups in total. The van der Waals surface area contributed by atoms with Crippen molar-refractivity contribution in [2.45, 2.75) is 6.61 Å². The lowest BCUT2D eigenvalue weighted by Gasteiger charge is -2.04. The molecular formula is C12H12FN3O2. The number of hydrogen-bond donors (Lipinski definition) is 1. The SMILES string of the molecule is Cn1ccc(COC(=O)c2ccc(F)c(N)c2)n1. The van der Waals surface area contributed by atoms with Crippen LogP contribution in [-0.2, 0) is 18.4 Å². The Morgan fingerprint density at radius 1 is 1.50 bits per heavy atom. The van der Waals surface area contributed by atoms with E-state index in [1.165, 1.54) is 12.1 Å². The van der Waals surface area contributed by atoms with Gasteiger partial charge in [0, 0.05) is 13.2 Å². The van der Waals surface area contributed by atoms with E-state index in [9.17, 15) is 9.18 Å². The molecule has 2 rings (SSSR count). The van der Waals surface area contributed by atoms with Crippen LogP contribution in [0, 0.1) is 5.82 Å². The van der Waals surface area contributed by atoms with Crippen LogP contribution in [0.25, 0.3) is 0 Å². The van der Waals surface area contributed by atoms with Crippen LogP contribution in [0.3, 0.4) is 0 Å². The van der Waals surface area contributed by atoms with E-state index in [2.05, 4.69) is 5.10 Å². The Bertz CT molecular complexity index is 580. The Morgan fingerprint density at radius 3 is 2.89 bits per heavy atom. The number of aromatic nitrogens is 2. The average Bonchev–Trinajstić information content (AvgIpc) is 2.75. The second-order valence-corrected chi connectivity index (χ2v) is 3.79. The van der Waals surface area contributed by atoms with Gasteiger partial charge in [0.05, 0.1) is 16.9 Å². The highest BCUT2D eigenvalue weighted by Gasteiger charge is 2.10. The lowest BCUT2D eigenvalue weighted by Crippen LogP contribution is -2.07. The molecular weight excluding hydrogens is 237 g/mol. The summed E-state index contributed by atoms with van der Waals surface area (Å²) in [7, 11) is 1.77. The Labute approximate surface area is 103 Å². The molecule has 1 heterocycles. The maximum absolute atomic E-state index is 12.9. The summed E-state index contributed by atoms with van der Waals surface area (Å²) >= 11 is 0. The molecule has 2 aromatic rings. The number of benzene rings is 1. The van der Waals surface area contributed by atoms with Crippen LogP contribution in [-0.4, -0.2) is 15.7 Å². The van der Waals surface area contributed by atoms with Gasteiger partial charge < -0.3 is 10.5 Å². The lowest BCUT2D eigenvalue weighted by atomic mass is 10.2. The zero-order valence-electron chi connectivity index (χ0n) is 9.76. The van der Waals surface area contributed by atoms with E-state index >= 15 is 0 Å². The third-order valence-corrected chi connectivity index (χ3v) is 2.35. The highest BCUT2D eigenvalue weighted by Crippen LogP contribution is 2.13. The number of anilines is 1. The molecule has 0 saturated heterocycles. The van der Waals surface area contributed by atoms with Gasteiger partial charge in [-0.3, -0.25) is 4.68 Å². The van der Waals surface area contributed by atoms with E-state index in [0.717, 1.165) is 6.07 Å². The van der Waals surface area contributed by atoms with Crippen molar-refractivity contribution in [1.82, 2.24) is 9.78 Å². The number of ether oxygens (including phenoxy) is 1. The zero-order valence-corrected chi connectivity index (χ0v) is 9.76. The smallest absolute Gasteiger partial charge is 0.338 e. The van der Waals surface area contributed by atoms with Crippen LogP contribution in [0.1, 0.15) is 16.1 Å². The summed E-state index contributed by atoms with van der Waals surface area (Å²) in [5.74, 6) is -1.12. The Balaban J connectivity index is 2.01. The number of nitrogens with two attached hydrogens (primary N) is 1. The van der Waals surface area contributed by atoms with Crippen LogP contribution < -0.4 is 5.73 Å². The summed E-state index contributed by atoms with van der Waals surface area (Å²) in [6.07, 6.45) is 1.75. The van der Waals surface area contributed by atoms with Gasteiger partial charge >= 0.3 is 5.97 Å². The van der Waals surface area contributed by atoms with Crippen molar-refractivity contribution in [2.24, 2.45) is 7.05 Å². The molecule has 0 amide bonds. The van der Waals surface area contributed by atoms with Crippen LogP contribution in [0.4, 0.5) is 10.1 Å². The van der Waals surface area contributed by atoms with Crippen molar-refractivity contribution < 1.29 is 13.9 Å². The fourth-order valence-corrected chi connectivity index (χ4v) is 1.43. The first-order valence-electron chi connectivity index (χ1n) is 5.27. The van der Waals surface area contributed by atoms with E-state index < -0.39 is 11.8 Å². The second kappa shape index (κ2) is 4.87. The van der Waals surface area contributed by atoms with Gasteiger partial charge in [0.15, 0.2) is 0 Å². The molecule has 0 saturated carbocycles. The summed E-state index contributed by atoms with van der Waals surface area (Å²) in [5, 5.41) is 4.06. The van der Waals surface area contributed by atoms with E-state index in [1.54, 1.807) is 24.0 Å². The molecule has 0 bridgehead atoms. The normalized spacial score (nSPS) is 10.3. The predicted octanol–water partition coefficient (Wildman–Crippen LogP) is 1.50. The number of nitrogens with zero attached hydrogens (tertiary/aromatic N) is 2. The molecule has 0 aliphatic rings. The van der Waals surface area contributed by atoms with Gasteiger partial charge in [0.25, 0.3) is 0 Å². The minimum absolute atomic E-state index is 0.0664. The summed E-state index contributed by atoms with van der Waals surface area (Å²) in [6.45, 7) is 0.0664.